The fourth-order valence-corrected chi connectivity index (χ4v) is 1.93. The standard InChI is InChI=1S/C15H17N3O2/c1-18(10-11-5-7-14(19)8-6-11)13-4-2-3-12(9-13)15(16)17-20/h2-9,19-20H,10H2,1H3,(H2,16,17). The van der Waals surface area contributed by atoms with E-state index in [0.717, 1.165) is 11.3 Å². The van der Waals surface area contributed by atoms with E-state index in [1.54, 1.807) is 18.2 Å². The number of phenols is 1. The van der Waals surface area contributed by atoms with E-state index in [1.165, 1.54) is 0 Å². The van der Waals surface area contributed by atoms with E-state index in [0.29, 0.717) is 12.1 Å². The summed E-state index contributed by atoms with van der Waals surface area (Å²) >= 11 is 0. The zero-order chi connectivity index (χ0) is 14.5. The van der Waals surface area contributed by atoms with E-state index in [1.807, 2.05) is 42.3 Å². The Bertz CT molecular complexity index is 609. The molecule has 0 bridgehead atoms. The Morgan fingerprint density at radius 1 is 1.20 bits per heavy atom. The molecule has 0 saturated heterocycles. The quantitative estimate of drug-likeness (QED) is 0.344. The summed E-state index contributed by atoms with van der Waals surface area (Å²) < 4.78 is 0. The molecule has 5 heteroatoms. The highest BCUT2D eigenvalue weighted by Gasteiger charge is 2.05. The van der Waals surface area contributed by atoms with Crippen LogP contribution in [0.2, 0.25) is 0 Å². The van der Waals surface area contributed by atoms with Crippen molar-refractivity contribution in [1.82, 2.24) is 0 Å². The van der Waals surface area contributed by atoms with E-state index in [4.69, 9.17) is 10.9 Å². The Morgan fingerprint density at radius 3 is 2.55 bits per heavy atom. The third kappa shape index (κ3) is 3.20. The molecule has 20 heavy (non-hydrogen) atoms. The van der Waals surface area contributed by atoms with Gasteiger partial charge < -0.3 is 20.9 Å². The first-order chi connectivity index (χ1) is 9.60. The molecule has 4 N–H and O–H groups in total. The molecular formula is C15H17N3O2. The van der Waals surface area contributed by atoms with Crippen molar-refractivity contribution in [3.8, 4) is 5.75 Å². The first-order valence-corrected chi connectivity index (χ1v) is 6.17. The van der Waals surface area contributed by atoms with Gasteiger partial charge >= 0.3 is 0 Å². The Balaban J connectivity index is 2.16. The number of nitrogens with two attached hydrogens (primary N) is 1. The predicted molar refractivity (Wildman–Crippen MR) is 79.2 cm³/mol. The summed E-state index contributed by atoms with van der Waals surface area (Å²) in [6.45, 7) is 0.694. The second-order valence-electron chi connectivity index (χ2n) is 4.56. The van der Waals surface area contributed by atoms with Crippen molar-refractivity contribution in [2.75, 3.05) is 11.9 Å². The molecule has 0 aromatic heterocycles. The Morgan fingerprint density at radius 2 is 1.90 bits per heavy atom. The molecule has 0 aliphatic heterocycles. The summed E-state index contributed by atoms with van der Waals surface area (Å²) in [6, 6.07) is 14.5. The summed E-state index contributed by atoms with van der Waals surface area (Å²) in [5.74, 6) is 0.343. The molecule has 2 rings (SSSR count). The number of hydrogen-bond acceptors (Lipinski definition) is 4. The molecule has 0 fully saturated rings. The number of aromatic hydroxyl groups is 1. The van der Waals surface area contributed by atoms with Gasteiger partial charge in [0.2, 0.25) is 0 Å². The predicted octanol–water partition coefficient (Wildman–Crippen LogP) is 2.12. The Labute approximate surface area is 117 Å². The topological polar surface area (TPSA) is 82.1 Å². The molecule has 2 aromatic rings. The van der Waals surface area contributed by atoms with Gasteiger partial charge in [-0.15, -0.1) is 0 Å². The third-order valence-corrected chi connectivity index (χ3v) is 3.05. The highest BCUT2D eigenvalue weighted by atomic mass is 16.4. The number of phenolic OH excluding ortho intramolecular Hbond substituents is 1. The summed E-state index contributed by atoms with van der Waals surface area (Å²) in [7, 11) is 1.96. The van der Waals surface area contributed by atoms with Crippen LogP contribution < -0.4 is 10.6 Å². The number of nitrogens with zero attached hydrogens (tertiary/aromatic N) is 2. The number of anilines is 1. The van der Waals surface area contributed by atoms with Gasteiger partial charge in [-0.2, -0.15) is 0 Å². The number of amidine groups is 1. The van der Waals surface area contributed by atoms with Crippen LogP contribution in [-0.4, -0.2) is 23.2 Å². The average molecular weight is 271 g/mol. The maximum absolute atomic E-state index is 9.27. The maximum atomic E-state index is 9.27. The summed E-state index contributed by atoms with van der Waals surface area (Å²) in [5, 5.41) is 21.0. The lowest BCUT2D eigenvalue weighted by Gasteiger charge is -2.20. The fourth-order valence-electron chi connectivity index (χ4n) is 1.93. The summed E-state index contributed by atoms with van der Waals surface area (Å²) in [6.07, 6.45) is 0. The Kier molecular flexibility index (Phi) is 4.10. The minimum Gasteiger partial charge on any atom is -0.508 e. The fraction of sp³-hybridized carbons (Fsp3) is 0.133. The van der Waals surface area contributed by atoms with Crippen molar-refractivity contribution in [1.29, 1.82) is 0 Å². The van der Waals surface area contributed by atoms with Crippen molar-refractivity contribution in [2.45, 2.75) is 6.54 Å². The van der Waals surface area contributed by atoms with Gasteiger partial charge in [-0.05, 0) is 29.8 Å². The van der Waals surface area contributed by atoms with Gasteiger partial charge in [0.05, 0.1) is 0 Å². The van der Waals surface area contributed by atoms with E-state index < -0.39 is 0 Å². The van der Waals surface area contributed by atoms with Crippen LogP contribution in [0.25, 0.3) is 0 Å². The van der Waals surface area contributed by atoms with Crippen molar-refractivity contribution in [2.24, 2.45) is 10.9 Å². The van der Waals surface area contributed by atoms with Gasteiger partial charge in [-0.25, -0.2) is 0 Å². The van der Waals surface area contributed by atoms with E-state index in [2.05, 4.69) is 5.16 Å². The van der Waals surface area contributed by atoms with Crippen LogP contribution in [0.15, 0.2) is 53.7 Å². The molecule has 0 aliphatic rings. The van der Waals surface area contributed by atoms with Crippen molar-refractivity contribution < 1.29 is 10.3 Å². The first-order valence-electron chi connectivity index (χ1n) is 6.17. The molecule has 0 aliphatic carbocycles. The lowest BCUT2D eigenvalue weighted by atomic mass is 10.1. The zero-order valence-electron chi connectivity index (χ0n) is 11.2. The molecule has 0 spiro atoms. The Hall–Kier alpha value is -2.69. The van der Waals surface area contributed by atoms with Gasteiger partial charge in [0.25, 0.3) is 0 Å². The van der Waals surface area contributed by atoms with Crippen LogP contribution in [0.3, 0.4) is 0 Å². The molecule has 0 heterocycles. The van der Waals surface area contributed by atoms with Crippen LogP contribution >= 0.6 is 0 Å². The second kappa shape index (κ2) is 5.97. The monoisotopic (exact) mass is 271 g/mol. The number of rotatable bonds is 4. The number of hydrogen-bond donors (Lipinski definition) is 3. The van der Waals surface area contributed by atoms with Crippen molar-refractivity contribution in [3.63, 3.8) is 0 Å². The van der Waals surface area contributed by atoms with Gasteiger partial charge in [0, 0.05) is 24.8 Å². The molecule has 5 nitrogen and oxygen atoms in total. The molecular weight excluding hydrogens is 254 g/mol. The highest BCUT2D eigenvalue weighted by Crippen LogP contribution is 2.18. The van der Waals surface area contributed by atoms with Crippen molar-refractivity contribution in [3.05, 3.63) is 59.7 Å². The average Bonchev–Trinajstić information content (AvgIpc) is 2.49. The highest BCUT2D eigenvalue weighted by molar-refractivity contribution is 5.97. The maximum Gasteiger partial charge on any atom is 0.170 e. The minimum absolute atomic E-state index is 0.0879. The molecule has 0 unspecified atom stereocenters. The summed E-state index contributed by atoms with van der Waals surface area (Å²) in [5.41, 5.74) is 8.30. The lowest BCUT2D eigenvalue weighted by molar-refractivity contribution is 0.318. The first kappa shape index (κ1) is 13.7. The van der Waals surface area contributed by atoms with Crippen LogP contribution in [-0.2, 0) is 6.54 Å². The van der Waals surface area contributed by atoms with Gasteiger partial charge in [-0.1, -0.05) is 29.4 Å². The summed E-state index contributed by atoms with van der Waals surface area (Å²) in [4.78, 5) is 2.04. The minimum atomic E-state index is 0.0879. The van der Waals surface area contributed by atoms with Crippen LogP contribution in [0.5, 0.6) is 5.75 Å². The normalized spacial score (nSPS) is 11.3. The van der Waals surface area contributed by atoms with Gasteiger partial charge in [-0.3, -0.25) is 0 Å². The van der Waals surface area contributed by atoms with Crippen LogP contribution in [0, 0.1) is 0 Å². The number of benzene rings is 2. The zero-order valence-corrected chi connectivity index (χ0v) is 11.2. The smallest absolute Gasteiger partial charge is 0.170 e. The number of oxime groups is 1. The molecule has 0 amide bonds. The van der Waals surface area contributed by atoms with Gasteiger partial charge in [0.1, 0.15) is 5.75 Å². The van der Waals surface area contributed by atoms with E-state index in [9.17, 15) is 5.11 Å². The largest absolute Gasteiger partial charge is 0.508 e. The van der Waals surface area contributed by atoms with Crippen molar-refractivity contribution >= 4 is 11.5 Å². The van der Waals surface area contributed by atoms with Gasteiger partial charge in [0.15, 0.2) is 5.84 Å². The SMILES string of the molecule is CN(Cc1ccc(O)cc1)c1cccc(/C(N)=N/O)c1. The molecule has 2 aromatic carbocycles. The second-order valence-corrected chi connectivity index (χ2v) is 4.56. The molecule has 0 saturated carbocycles. The third-order valence-electron chi connectivity index (χ3n) is 3.05. The molecule has 0 atom stereocenters. The van der Waals surface area contributed by atoms with Crippen LogP contribution in [0.4, 0.5) is 5.69 Å². The molecule has 0 radical (unpaired) electrons. The van der Waals surface area contributed by atoms with E-state index in [-0.39, 0.29) is 11.6 Å². The van der Waals surface area contributed by atoms with E-state index >= 15 is 0 Å². The lowest BCUT2D eigenvalue weighted by Crippen LogP contribution is -2.18. The molecule has 104 valence electrons. The van der Waals surface area contributed by atoms with Crippen LogP contribution in [0.1, 0.15) is 11.1 Å².